The molecule has 6 aromatic carbocycles. The Morgan fingerprint density at radius 1 is 0.622 bits per heavy atom. The van der Waals surface area contributed by atoms with E-state index in [9.17, 15) is 0 Å². The van der Waals surface area contributed by atoms with E-state index >= 15 is 0 Å². The Hall–Kier alpha value is -5.48. The number of nitrogens with zero attached hydrogens (tertiary/aromatic N) is 2. The molecule has 5 heterocycles. The third-order valence-electron chi connectivity index (χ3n) is 11.2. The molecule has 0 saturated heterocycles. The first kappa shape index (κ1) is 23.0. The van der Waals surface area contributed by atoms with Crippen LogP contribution in [0.5, 0.6) is 0 Å². The molecule has 0 unspecified atom stereocenters. The molecule has 0 atom stereocenters. The first-order chi connectivity index (χ1) is 22.1. The smallest absolute Gasteiger partial charge is 0.333 e. The summed E-state index contributed by atoms with van der Waals surface area (Å²) in [5.41, 5.74) is 17.9. The summed E-state index contributed by atoms with van der Waals surface area (Å²) in [6.45, 7) is 4.85. The number of rotatable bonds is 0. The van der Waals surface area contributed by atoms with Gasteiger partial charge in [-0.2, -0.15) is 0 Å². The van der Waals surface area contributed by atoms with Crippen molar-refractivity contribution in [1.82, 2.24) is 9.05 Å². The highest BCUT2D eigenvalue weighted by molar-refractivity contribution is 6.90. The molecule has 0 N–H and O–H groups in total. The number of furan rings is 1. The van der Waals surface area contributed by atoms with Crippen LogP contribution in [0.2, 0.25) is 0 Å². The molecule has 4 heteroatoms. The van der Waals surface area contributed by atoms with E-state index in [1.54, 1.807) is 0 Å². The van der Waals surface area contributed by atoms with E-state index in [1.165, 1.54) is 88.2 Å². The average molecular weight is 572 g/mol. The van der Waals surface area contributed by atoms with Crippen molar-refractivity contribution >= 4 is 72.4 Å². The summed E-state index contributed by atoms with van der Waals surface area (Å²) in [5, 5.41) is 6.25. The molecule has 3 aromatic heterocycles. The Kier molecular flexibility index (Phi) is 3.70. The van der Waals surface area contributed by atoms with E-state index in [-0.39, 0.29) is 12.3 Å². The summed E-state index contributed by atoms with van der Waals surface area (Å²) in [6, 6.07) is 42.8. The van der Waals surface area contributed by atoms with Crippen LogP contribution in [-0.4, -0.2) is 15.9 Å². The Bertz CT molecular complexity index is 2860. The van der Waals surface area contributed by atoms with E-state index in [0.717, 1.165) is 16.6 Å². The lowest BCUT2D eigenvalue weighted by atomic mass is 9.45. The van der Waals surface area contributed by atoms with Crippen LogP contribution in [0.15, 0.2) is 120 Å². The second-order valence-corrected chi connectivity index (χ2v) is 13.6. The highest BCUT2D eigenvalue weighted by Gasteiger charge is 2.48. The summed E-state index contributed by atoms with van der Waals surface area (Å²) in [6.07, 6.45) is 0. The number of benzene rings is 6. The van der Waals surface area contributed by atoms with Gasteiger partial charge in [-0.15, -0.1) is 0 Å². The van der Waals surface area contributed by atoms with Crippen LogP contribution in [-0.2, 0) is 5.41 Å². The van der Waals surface area contributed by atoms with Gasteiger partial charge in [-0.1, -0.05) is 105 Å². The molecule has 208 valence electrons. The first-order valence-electron chi connectivity index (χ1n) is 15.9. The molecule has 0 fully saturated rings. The molecule has 0 amide bonds. The summed E-state index contributed by atoms with van der Waals surface area (Å²) >= 11 is 0. The summed E-state index contributed by atoms with van der Waals surface area (Å²) < 4.78 is 12.0. The van der Waals surface area contributed by atoms with Crippen molar-refractivity contribution in [2.24, 2.45) is 0 Å². The standard InChI is InChI=1S/C41H25BN2O/c1-41(2)30-18-7-5-13-25(30)37-33(41)27-16-9-15-24-29-21-22-11-3-4-12-23(22)38-34(29)42(44(37)35(24)27)31-19-10-17-28-36(31)43(38)39-26-14-6-8-20-32(26)45-40(28)39/h3-21H,1-2H3. The summed E-state index contributed by atoms with van der Waals surface area (Å²) in [4.78, 5) is 0. The lowest BCUT2D eigenvalue weighted by molar-refractivity contribution is 0.666. The van der Waals surface area contributed by atoms with Crippen molar-refractivity contribution in [3.63, 3.8) is 0 Å². The second-order valence-electron chi connectivity index (χ2n) is 13.6. The Balaban J connectivity index is 1.38. The topological polar surface area (TPSA) is 23.0 Å². The summed E-state index contributed by atoms with van der Waals surface area (Å²) in [7, 11) is 0. The fourth-order valence-corrected chi connectivity index (χ4v) is 9.60. The minimum atomic E-state index is -0.0995. The quantitative estimate of drug-likeness (QED) is 0.167. The van der Waals surface area contributed by atoms with Crippen LogP contribution in [0.1, 0.15) is 25.0 Å². The fourth-order valence-electron chi connectivity index (χ4n) is 9.60. The minimum Gasteiger partial charge on any atom is -0.454 e. The van der Waals surface area contributed by atoms with Gasteiger partial charge >= 0.3 is 6.85 Å². The molecule has 9 aromatic rings. The van der Waals surface area contributed by atoms with E-state index in [1.807, 2.05) is 0 Å². The van der Waals surface area contributed by atoms with Gasteiger partial charge in [-0.05, 0) is 57.3 Å². The number of aromatic nitrogens is 2. The number of para-hydroxylation sites is 3. The molecule has 0 bridgehead atoms. The molecule has 3 aliphatic rings. The van der Waals surface area contributed by atoms with Gasteiger partial charge in [0.2, 0.25) is 0 Å². The third-order valence-corrected chi connectivity index (χ3v) is 11.2. The van der Waals surface area contributed by atoms with Crippen LogP contribution in [0.3, 0.4) is 0 Å². The van der Waals surface area contributed by atoms with Gasteiger partial charge in [0, 0.05) is 49.3 Å². The maximum Gasteiger partial charge on any atom is 0.333 e. The number of fused-ring (bicyclic) bond motifs is 16. The van der Waals surface area contributed by atoms with Crippen LogP contribution >= 0.6 is 0 Å². The molecular weight excluding hydrogens is 547 g/mol. The van der Waals surface area contributed by atoms with Crippen LogP contribution in [0, 0.1) is 0 Å². The van der Waals surface area contributed by atoms with Gasteiger partial charge in [0.25, 0.3) is 0 Å². The van der Waals surface area contributed by atoms with Gasteiger partial charge in [-0.25, -0.2) is 0 Å². The van der Waals surface area contributed by atoms with Gasteiger partial charge < -0.3 is 13.5 Å². The van der Waals surface area contributed by atoms with E-state index < -0.39 is 0 Å². The number of hydrogen-bond acceptors (Lipinski definition) is 1. The highest BCUT2D eigenvalue weighted by Crippen LogP contribution is 2.55. The molecular formula is C41H25BN2O. The van der Waals surface area contributed by atoms with Crippen molar-refractivity contribution in [2.75, 3.05) is 0 Å². The predicted octanol–water partition coefficient (Wildman–Crippen LogP) is 8.89. The van der Waals surface area contributed by atoms with Crippen LogP contribution in [0.25, 0.3) is 82.7 Å². The zero-order chi connectivity index (χ0) is 29.3. The monoisotopic (exact) mass is 572 g/mol. The lowest BCUT2D eigenvalue weighted by Gasteiger charge is -2.35. The van der Waals surface area contributed by atoms with Gasteiger partial charge in [0.15, 0.2) is 5.58 Å². The fraction of sp³-hybridized carbons (Fsp3) is 0.0732. The van der Waals surface area contributed by atoms with Gasteiger partial charge in [-0.3, -0.25) is 0 Å². The molecule has 12 rings (SSSR count). The molecule has 1 aliphatic carbocycles. The molecule has 0 spiro atoms. The third kappa shape index (κ3) is 2.36. The molecule has 3 nitrogen and oxygen atoms in total. The lowest BCUT2D eigenvalue weighted by Crippen LogP contribution is -2.55. The Morgan fingerprint density at radius 2 is 1.36 bits per heavy atom. The molecule has 2 aliphatic heterocycles. The van der Waals surface area contributed by atoms with Gasteiger partial charge in [0.05, 0.1) is 11.2 Å². The Labute approximate surface area is 259 Å². The van der Waals surface area contributed by atoms with Crippen molar-refractivity contribution in [1.29, 1.82) is 0 Å². The van der Waals surface area contributed by atoms with E-state index in [4.69, 9.17) is 4.42 Å². The average Bonchev–Trinajstić information content (AvgIpc) is 3.78. The van der Waals surface area contributed by atoms with E-state index in [0.29, 0.717) is 0 Å². The highest BCUT2D eigenvalue weighted by atomic mass is 16.3. The normalized spacial score (nSPS) is 15.0. The maximum absolute atomic E-state index is 6.70. The minimum absolute atomic E-state index is 0.0317. The predicted molar refractivity (Wildman–Crippen MR) is 187 cm³/mol. The van der Waals surface area contributed by atoms with Gasteiger partial charge in [0.1, 0.15) is 11.1 Å². The van der Waals surface area contributed by atoms with Crippen LogP contribution < -0.4 is 10.9 Å². The zero-order valence-electron chi connectivity index (χ0n) is 24.8. The maximum atomic E-state index is 6.70. The molecule has 0 saturated carbocycles. The van der Waals surface area contributed by atoms with E-state index in [2.05, 4.69) is 138 Å². The SMILES string of the molecule is CC1(C)c2ccccc2-c2c1c1cccc3c1n2B1c2c-3cc3ccccc3c2-n2c3c1cccc3c1oc3ccccc3c12. The number of hydrogen-bond donors (Lipinski definition) is 0. The summed E-state index contributed by atoms with van der Waals surface area (Å²) in [5.74, 6) is 0. The van der Waals surface area contributed by atoms with Crippen molar-refractivity contribution < 1.29 is 4.42 Å². The van der Waals surface area contributed by atoms with Crippen molar-refractivity contribution in [3.05, 3.63) is 126 Å². The largest absolute Gasteiger partial charge is 0.454 e. The molecule has 45 heavy (non-hydrogen) atoms. The van der Waals surface area contributed by atoms with Crippen molar-refractivity contribution in [2.45, 2.75) is 19.3 Å². The first-order valence-corrected chi connectivity index (χ1v) is 15.9. The molecule has 0 radical (unpaired) electrons. The zero-order valence-corrected chi connectivity index (χ0v) is 24.8. The van der Waals surface area contributed by atoms with Crippen molar-refractivity contribution in [3.8, 4) is 28.1 Å². The van der Waals surface area contributed by atoms with Crippen LogP contribution in [0.4, 0.5) is 0 Å². The second kappa shape index (κ2) is 7.25. The Morgan fingerprint density at radius 3 is 2.29 bits per heavy atom.